The molecule has 0 heterocycles. The van der Waals surface area contributed by atoms with Crippen LogP contribution in [0.5, 0.6) is 0 Å². The van der Waals surface area contributed by atoms with Gasteiger partial charge >= 0.3 is 4.38 Å². The largest absolute Gasteiger partial charge is 0.553 e. The van der Waals surface area contributed by atoms with Crippen molar-refractivity contribution in [3.05, 3.63) is 60.7 Å². The number of rotatable bonds is 2. The molecule has 0 atom stereocenters. The third-order valence-electron chi connectivity index (χ3n) is 2.66. The molecule has 0 saturated carbocycles. The Morgan fingerprint density at radius 3 is 1.03 bits per heavy atom. The van der Waals surface area contributed by atoms with Crippen molar-refractivity contribution < 1.29 is 21.6 Å². The van der Waals surface area contributed by atoms with Gasteiger partial charge < -0.3 is 0 Å². The molecule has 0 aliphatic heterocycles. The summed E-state index contributed by atoms with van der Waals surface area (Å²) in [5, 5.41) is 0. The Kier molecular flexibility index (Phi) is 19.3. The highest BCUT2D eigenvalue weighted by atomic mass is 32.3. The van der Waals surface area contributed by atoms with E-state index in [0.29, 0.717) is 0 Å². The van der Waals surface area contributed by atoms with Gasteiger partial charge in [-0.1, -0.05) is 91.8 Å². The Morgan fingerprint density at radius 1 is 0.586 bits per heavy atom. The summed E-state index contributed by atoms with van der Waals surface area (Å²) >= 11 is 0. The van der Waals surface area contributed by atoms with E-state index in [0.717, 1.165) is 0 Å². The third kappa shape index (κ3) is 9.17. The van der Waals surface area contributed by atoms with Crippen LogP contribution in [0.15, 0.2) is 70.5 Å². The molecule has 0 bridgehead atoms. The average Bonchev–Trinajstić information content (AvgIpc) is 2.80. The van der Waals surface area contributed by atoms with Crippen molar-refractivity contribution in [1.29, 1.82) is 5.53 Å². The molecular weight excluding hydrogens is 408 g/mol. The molecule has 0 amide bonds. The second-order valence-electron chi connectivity index (χ2n) is 4.01. The summed E-state index contributed by atoms with van der Waals surface area (Å²) in [5.74, 6) is 0. The van der Waals surface area contributed by atoms with E-state index >= 15 is 0 Å². The first-order valence-corrected chi connectivity index (χ1v) is 12.7. The van der Waals surface area contributed by atoms with Crippen LogP contribution in [0.2, 0.25) is 0 Å². The van der Waals surface area contributed by atoms with Crippen molar-refractivity contribution in [3.8, 4) is 0 Å². The molecule has 2 aromatic rings. The van der Waals surface area contributed by atoms with Gasteiger partial charge in [-0.3, -0.25) is 0 Å². The molecule has 2 rings (SSSR count). The van der Waals surface area contributed by atoms with Crippen LogP contribution in [0.25, 0.3) is 0 Å². The van der Waals surface area contributed by atoms with Crippen molar-refractivity contribution in [2.75, 3.05) is 0 Å². The van der Waals surface area contributed by atoms with Crippen LogP contribution >= 0.6 is 0 Å². The minimum absolute atomic E-state index is 0.226. The SMILES string of the molecule is CC.CC.CC.CC.N=[N+]=C(S(=O)(=O)c1ccccc1)S(=O)(=O)c1ccccc1. The van der Waals surface area contributed by atoms with Crippen LogP contribution in [0.4, 0.5) is 0 Å². The maximum absolute atomic E-state index is 12.4. The first-order valence-electron chi connectivity index (χ1n) is 9.75. The second-order valence-corrected chi connectivity index (χ2v) is 8.00. The van der Waals surface area contributed by atoms with Crippen molar-refractivity contribution in [2.24, 2.45) is 0 Å². The highest BCUT2D eigenvalue weighted by molar-refractivity contribution is 8.31. The lowest BCUT2D eigenvalue weighted by Gasteiger charge is -2.00. The summed E-state index contributed by atoms with van der Waals surface area (Å²) in [6.45, 7) is 16.0. The van der Waals surface area contributed by atoms with Crippen LogP contribution in [0.1, 0.15) is 55.4 Å². The number of hydrogen-bond acceptors (Lipinski definition) is 5. The first-order chi connectivity index (χ1) is 13.9. The van der Waals surface area contributed by atoms with Crippen LogP contribution < -0.4 is 0 Å². The van der Waals surface area contributed by atoms with E-state index in [1.807, 2.05) is 55.4 Å². The minimum atomic E-state index is -4.38. The maximum atomic E-state index is 12.4. The van der Waals surface area contributed by atoms with Crippen LogP contribution in [-0.4, -0.2) is 26.0 Å². The molecule has 0 aliphatic rings. The zero-order valence-corrected chi connectivity index (χ0v) is 20.3. The van der Waals surface area contributed by atoms with Gasteiger partial charge in [0.05, 0.1) is 20.1 Å². The molecule has 0 spiro atoms. The molecule has 164 valence electrons. The summed E-state index contributed by atoms with van der Waals surface area (Å²) in [4.78, 5) is 2.32. The van der Waals surface area contributed by atoms with E-state index in [4.69, 9.17) is 5.53 Å². The van der Waals surface area contributed by atoms with Gasteiger partial charge in [-0.15, -0.1) is 0 Å². The summed E-state index contributed by atoms with van der Waals surface area (Å²) in [5.41, 5.74) is 7.00. The maximum Gasteiger partial charge on any atom is 0.553 e. The van der Waals surface area contributed by atoms with Gasteiger partial charge in [-0.05, 0) is 24.3 Å². The van der Waals surface area contributed by atoms with E-state index in [2.05, 4.69) is 4.79 Å². The summed E-state index contributed by atoms with van der Waals surface area (Å²) < 4.78 is 48.2. The fourth-order valence-electron chi connectivity index (χ4n) is 1.67. The molecule has 0 saturated heterocycles. The molecule has 0 aliphatic carbocycles. The van der Waals surface area contributed by atoms with E-state index in [9.17, 15) is 16.8 Å². The van der Waals surface area contributed by atoms with Crippen molar-refractivity contribution >= 4 is 24.1 Å². The molecule has 29 heavy (non-hydrogen) atoms. The van der Waals surface area contributed by atoms with Crippen LogP contribution in [-0.2, 0) is 19.7 Å². The Labute approximate surface area is 177 Å². The number of hydrogen-bond donors (Lipinski definition) is 1. The predicted molar refractivity (Wildman–Crippen MR) is 121 cm³/mol. The number of benzene rings is 2. The summed E-state index contributed by atoms with van der Waals surface area (Å²) in [6.07, 6.45) is 0. The Morgan fingerprint density at radius 2 is 0.828 bits per heavy atom. The smallest absolute Gasteiger partial charge is 0.210 e. The lowest BCUT2D eigenvalue weighted by atomic mass is 10.4. The van der Waals surface area contributed by atoms with E-state index in [-0.39, 0.29) is 9.79 Å². The molecule has 6 nitrogen and oxygen atoms in total. The predicted octanol–water partition coefficient (Wildman–Crippen LogP) is 5.63. The topological polar surface area (TPSA) is 106 Å². The molecule has 0 fully saturated rings. The van der Waals surface area contributed by atoms with Crippen molar-refractivity contribution in [3.63, 3.8) is 0 Å². The fourth-order valence-corrected chi connectivity index (χ4v) is 5.07. The van der Waals surface area contributed by atoms with Gasteiger partial charge in [-0.25, -0.2) is 16.8 Å². The quantitative estimate of drug-likeness (QED) is 0.281. The van der Waals surface area contributed by atoms with E-state index < -0.39 is 24.1 Å². The lowest BCUT2D eigenvalue weighted by Crippen LogP contribution is -2.26. The normalized spacial score (nSPS) is 9.24. The van der Waals surface area contributed by atoms with Crippen LogP contribution in [0.3, 0.4) is 0 Å². The molecule has 0 aromatic heterocycles. The van der Waals surface area contributed by atoms with Crippen LogP contribution in [0, 0.1) is 5.53 Å². The van der Waals surface area contributed by atoms with Gasteiger partial charge in [0.1, 0.15) is 0 Å². The number of sulfone groups is 2. The Bertz CT molecular complexity index is 832. The molecule has 1 N–H and O–H groups in total. The van der Waals surface area contributed by atoms with E-state index in [1.54, 1.807) is 12.1 Å². The Balaban J connectivity index is -0.000000754. The number of nitrogens with one attached hydrogen (secondary N) is 1. The zero-order chi connectivity index (χ0) is 23.5. The van der Waals surface area contributed by atoms with E-state index in [1.165, 1.54) is 48.5 Å². The third-order valence-corrected chi connectivity index (χ3v) is 6.86. The first kappa shape index (κ1) is 31.4. The van der Waals surface area contributed by atoms with Gasteiger partial charge in [0.25, 0.3) is 19.7 Å². The standard InChI is InChI=1S/C13H11N2O4S2.4C2H6/c14-15-13(20(16,17)11-7-3-1-4-8-11)21(18,19)12-9-5-2-6-10-12;4*1-2/h1-10,14H;4*1-2H3/q+1;;;;. The fraction of sp³-hybridized carbons (Fsp3) is 0.381. The second kappa shape index (κ2) is 17.8. The lowest BCUT2D eigenvalue weighted by molar-refractivity contribution is -0.112. The summed E-state index contributed by atoms with van der Waals surface area (Å²) in [7, 11) is -8.76. The monoisotopic (exact) mass is 443 g/mol. The average molecular weight is 444 g/mol. The molecule has 8 heteroatoms. The van der Waals surface area contributed by atoms with Gasteiger partial charge in [-0.2, -0.15) is 0 Å². The Hall–Kier alpha value is -2.28. The highest BCUT2D eigenvalue weighted by Gasteiger charge is 2.46. The number of nitrogens with zero attached hydrogens (tertiary/aromatic N) is 1. The molecule has 0 unspecified atom stereocenters. The summed E-state index contributed by atoms with van der Waals surface area (Å²) in [6, 6.07) is 14.1. The van der Waals surface area contributed by atoms with Crippen molar-refractivity contribution in [1.82, 2.24) is 0 Å². The van der Waals surface area contributed by atoms with Gasteiger partial charge in [0.2, 0.25) is 0 Å². The van der Waals surface area contributed by atoms with Crippen molar-refractivity contribution in [2.45, 2.75) is 65.2 Å². The molecular formula is C21H35N2O4S2+. The van der Waals surface area contributed by atoms with Gasteiger partial charge in [0, 0.05) is 0 Å². The highest BCUT2D eigenvalue weighted by Crippen LogP contribution is 2.19. The zero-order valence-electron chi connectivity index (χ0n) is 18.7. The molecule has 0 radical (unpaired) electrons. The van der Waals surface area contributed by atoms with Gasteiger partial charge in [0.15, 0.2) is 0 Å². The molecule has 2 aromatic carbocycles. The minimum Gasteiger partial charge on any atom is -0.210 e.